The van der Waals surface area contributed by atoms with Crippen LogP contribution in [-0.4, -0.2) is 38.1 Å². The standard InChI is InChI=1S/C14H20N2O2/c1-16-8-4-5-11(10-16)14(17)15-12-6-3-7-13(9-12)18-2/h3,6-7,9,11H,4-5,8,10H2,1-2H3,(H,15,17). The first-order chi connectivity index (χ1) is 8.69. The van der Waals surface area contributed by atoms with Crippen LogP contribution < -0.4 is 10.1 Å². The Hall–Kier alpha value is -1.55. The summed E-state index contributed by atoms with van der Waals surface area (Å²) in [6.07, 6.45) is 2.06. The number of likely N-dealkylation sites (tertiary alicyclic amines) is 1. The number of anilines is 1. The summed E-state index contributed by atoms with van der Waals surface area (Å²) in [4.78, 5) is 14.3. The van der Waals surface area contributed by atoms with Crippen molar-refractivity contribution >= 4 is 11.6 Å². The molecule has 0 aromatic heterocycles. The summed E-state index contributed by atoms with van der Waals surface area (Å²) in [7, 11) is 3.68. The maximum atomic E-state index is 12.1. The number of nitrogens with one attached hydrogen (secondary N) is 1. The fraction of sp³-hybridized carbons (Fsp3) is 0.500. The van der Waals surface area contributed by atoms with Gasteiger partial charge in [0.15, 0.2) is 0 Å². The summed E-state index contributed by atoms with van der Waals surface area (Å²) in [5.74, 6) is 0.957. The van der Waals surface area contributed by atoms with E-state index in [-0.39, 0.29) is 11.8 Å². The minimum atomic E-state index is 0.0925. The minimum absolute atomic E-state index is 0.0925. The summed E-state index contributed by atoms with van der Waals surface area (Å²) in [6, 6.07) is 7.46. The molecule has 1 aliphatic heterocycles. The van der Waals surface area contributed by atoms with E-state index in [0.29, 0.717) is 0 Å². The fourth-order valence-corrected chi connectivity index (χ4v) is 2.33. The molecule has 0 radical (unpaired) electrons. The van der Waals surface area contributed by atoms with Gasteiger partial charge in [0.2, 0.25) is 5.91 Å². The second kappa shape index (κ2) is 5.87. The van der Waals surface area contributed by atoms with Crippen LogP contribution in [0.3, 0.4) is 0 Å². The summed E-state index contributed by atoms with van der Waals surface area (Å²) in [5, 5.41) is 2.96. The number of carbonyl (C=O) groups excluding carboxylic acids is 1. The van der Waals surface area contributed by atoms with Crippen LogP contribution in [0.2, 0.25) is 0 Å². The number of piperidine rings is 1. The Bertz CT molecular complexity index is 420. The number of rotatable bonds is 3. The molecule has 18 heavy (non-hydrogen) atoms. The van der Waals surface area contributed by atoms with Gasteiger partial charge in [0, 0.05) is 18.3 Å². The number of hydrogen-bond acceptors (Lipinski definition) is 3. The first kappa shape index (κ1) is 12.9. The van der Waals surface area contributed by atoms with Gasteiger partial charge in [-0.2, -0.15) is 0 Å². The summed E-state index contributed by atoms with van der Waals surface area (Å²) in [6.45, 7) is 1.93. The fourth-order valence-electron chi connectivity index (χ4n) is 2.33. The van der Waals surface area contributed by atoms with Gasteiger partial charge in [-0.25, -0.2) is 0 Å². The van der Waals surface area contributed by atoms with Gasteiger partial charge in [0.05, 0.1) is 13.0 Å². The number of methoxy groups -OCH3 is 1. The van der Waals surface area contributed by atoms with Crippen LogP contribution >= 0.6 is 0 Å². The predicted molar refractivity (Wildman–Crippen MR) is 71.8 cm³/mol. The molecule has 0 spiro atoms. The normalized spacial score (nSPS) is 20.4. The molecule has 1 fully saturated rings. The van der Waals surface area contributed by atoms with E-state index in [0.717, 1.165) is 37.4 Å². The summed E-state index contributed by atoms with van der Waals surface area (Å²) >= 11 is 0. The highest BCUT2D eigenvalue weighted by Gasteiger charge is 2.23. The van der Waals surface area contributed by atoms with Crippen LogP contribution in [0.25, 0.3) is 0 Å². The van der Waals surface area contributed by atoms with E-state index in [2.05, 4.69) is 17.3 Å². The SMILES string of the molecule is COc1cccc(NC(=O)C2CCCN(C)C2)c1. The zero-order chi connectivity index (χ0) is 13.0. The largest absolute Gasteiger partial charge is 0.497 e. The molecule has 4 nitrogen and oxygen atoms in total. The zero-order valence-corrected chi connectivity index (χ0v) is 11.0. The maximum absolute atomic E-state index is 12.1. The lowest BCUT2D eigenvalue weighted by Gasteiger charge is -2.28. The van der Waals surface area contributed by atoms with E-state index in [1.807, 2.05) is 24.3 Å². The third-order valence-electron chi connectivity index (χ3n) is 3.33. The first-order valence-corrected chi connectivity index (χ1v) is 6.32. The minimum Gasteiger partial charge on any atom is -0.497 e. The third kappa shape index (κ3) is 3.23. The van der Waals surface area contributed by atoms with Crippen LogP contribution in [0.5, 0.6) is 5.75 Å². The lowest BCUT2D eigenvalue weighted by molar-refractivity contribution is -0.121. The molecule has 0 saturated carbocycles. The quantitative estimate of drug-likeness (QED) is 0.889. The zero-order valence-electron chi connectivity index (χ0n) is 11.0. The molecule has 1 atom stereocenters. The molecule has 1 aromatic carbocycles. The van der Waals surface area contributed by atoms with Crippen LogP contribution in [-0.2, 0) is 4.79 Å². The highest BCUT2D eigenvalue weighted by atomic mass is 16.5. The van der Waals surface area contributed by atoms with Crippen molar-refractivity contribution in [1.29, 1.82) is 0 Å². The Morgan fingerprint density at radius 1 is 1.50 bits per heavy atom. The molecule has 2 rings (SSSR count). The monoisotopic (exact) mass is 248 g/mol. The Balaban J connectivity index is 1.97. The topological polar surface area (TPSA) is 41.6 Å². The predicted octanol–water partition coefficient (Wildman–Crippen LogP) is 1.98. The van der Waals surface area contributed by atoms with E-state index in [4.69, 9.17) is 4.74 Å². The number of hydrogen-bond donors (Lipinski definition) is 1. The van der Waals surface area contributed by atoms with Gasteiger partial charge in [-0.15, -0.1) is 0 Å². The van der Waals surface area contributed by atoms with Crippen molar-refractivity contribution in [2.24, 2.45) is 5.92 Å². The molecule has 0 bridgehead atoms. The molecule has 1 aliphatic rings. The van der Waals surface area contributed by atoms with Crippen molar-refractivity contribution in [1.82, 2.24) is 4.90 Å². The molecular formula is C14H20N2O2. The van der Waals surface area contributed by atoms with Gasteiger partial charge in [-0.05, 0) is 38.6 Å². The van der Waals surface area contributed by atoms with Crippen LogP contribution in [0.15, 0.2) is 24.3 Å². The van der Waals surface area contributed by atoms with Gasteiger partial charge in [-0.3, -0.25) is 4.79 Å². The van der Waals surface area contributed by atoms with Crippen molar-refractivity contribution in [2.75, 3.05) is 32.6 Å². The smallest absolute Gasteiger partial charge is 0.228 e. The van der Waals surface area contributed by atoms with Crippen molar-refractivity contribution in [3.05, 3.63) is 24.3 Å². The Morgan fingerprint density at radius 3 is 3.06 bits per heavy atom. The second-order valence-corrected chi connectivity index (χ2v) is 4.82. The third-order valence-corrected chi connectivity index (χ3v) is 3.33. The van der Waals surface area contributed by atoms with Gasteiger partial charge in [-0.1, -0.05) is 6.07 Å². The van der Waals surface area contributed by atoms with Gasteiger partial charge >= 0.3 is 0 Å². The molecule has 1 saturated heterocycles. The lowest BCUT2D eigenvalue weighted by Crippen LogP contribution is -2.38. The molecule has 1 N–H and O–H groups in total. The summed E-state index contributed by atoms with van der Waals surface area (Å²) in [5.41, 5.74) is 0.799. The van der Waals surface area contributed by atoms with Crippen LogP contribution in [0, 0.1) is 5.92 Å². The van der Waals surface area contributed by atoms with Crippen molar-refractivity contribution in [3.8, 4) is 5.75 Å². The second-order valence-electron chi connectivity index (χ2n) is 4.82. The van der Waals surface area contributed by atoms with Crippen molar-refractivity contribution in [2.45, 2.75) is 12.8 Å². The van der Waals surface area contributed by atoms with E-state index in [1.54, 1.807) is 7.11 Å². The Morgan fingerprint density at radius 2 is 2.33 bits per heavy atom. The molecular weight excluding hydrogens is 228 g/mol. The van der Waals surface area contributed by atoms with E-state index < -0.39 is 0 Å². The molecule has 1 heterocycles. The average Bonchev–Trinajstić information content (AvgIpc) is 2.39. The average molecular weight is 248 g/mol. The van der Waals surface area contributed by atoms with Crippen LogP contribution in [0.4, 0.5) is 5.69 Å². The highest BCUT2D eigenvalue weighted by molar-refractivity contribution is 5.92. The number of nitrogens with zero attached hydrogens (tertiary/aromatic N) is 1. The Kier molecular flexibility index (Phi) is 4.20. The molecule has 1 amide bonds. The van der Waals surface area contributed by atoms with Crippen LogP contribution in [0.1, 0.15) is 12.8 Å². The first-order valence-electron chi connectivity index (χ1n) is 6.32. The molecule has 1 aromatic rings. The number of carbonyl (C=O) groups is 1. The number of amides is 1. The van der Waals surface area contributed by atoms with Gasteiger partial charge in [0.1, 0.15) is 5.75 Å². The molecule has 1 unspecified atom stereocenters. The van der Waals surface area contributed by atoms with Gasteiger partial charge in [0.25, 0.3) is 0 Å². The lowest BCUT2D eigenvalue weighted by atomic mass is 9.97. The van der Waals surface area contributed by atoms with E-state index in [1.165, 1.54) is 0 Å². The van der Waals surface area contributed by atoms with E-state index >= 15 is 0 Å². The van der Waals surface area contributed by atoms with Crippen molar-refractivity contribution in [3.63, 3.8) is 0 Å². The molecule has 0 aliphatic carbocycles. The van der Waals surface area contributed by atoms with Gasteiger partial charge < -0.3 is 15.0 Å². The number of ether oxygens (including phenoxy) is 1. The number of benzene rings is 1. The van der Waals surface area contributed by atoms with Crippen molar-refractivity contribution < 1.29 is 9.53 Å². The Labute approximate surface area is 108 Å². The maximum Gasteiger partial charge on any atom is 0.228 e. The summed E-state index contributed by atoms with van der Waals surface area (Å²) < 4.78 is 5.14. The highest BCUT2D eigenvalue weighted by Crippen LogP contribution is 2.20. The molecule has 98 valence electrons. The van der Waals surface area contributed by atoms with E-state index in [9.17, 15) is 4.79 Å². The molecule has 4 heteroatoms.